The third kappa shape index (κ3) is 5.79. The molecule has 198 valence electrons. The summed E-state index contributed by atoms with van der Waals surface area (Å²) in [6, 6.07) is 9.24. The molecule has 3 N–H and O–H groups in total. The van der Waals surface area contributed by atoms with E-state index in [1.165, 1.54) is 50.5 Å². The Balaban J connectivity index is 1.21. The van der Waals surface area contributed by atoms with Crippen LogP contribution in [-0.2, 0) is 14.3 Å². The molecule has 1 aromatic carbocycles. The first-order valence-corrected chi connectivity index (χ1v) is 14.1. The quantitative estimate of drug-likeness (QED) is 0.564. The van der Waals surface area contributed by atoms with Crippen molar-refractivity contribution in [1.82, 2.24) is 10.2 Å². The summed E-state index contributed by atoms with van der Waals surface area (Å²) in [7, 11) is 0. The van der Waals surface area contributed by atoms with Crippen LogP contribution in [0, 0.1) is 5.92 Å². The minimum absolute atomic E-state index is 0.0211. The number of amides is 2. The monoisotopic (exact) mass is 497 g/mol. The Hall–Kier alpha value is -1.96. The van der Waals surface area contributed by atoms with E-state index in [2.05, 4.69) is 16.3 Å². The zero-order valence-electron chi connectivity index (χ0n) is 21.9. The number of hydrogen-bond donors (Lipinski definition) is 2. The Morgan fingerprint density at radius 1 is 1.11 bits per heavy atom. The van der Waals surface area contributed by atoms with Crippen LogP contribution >= 0.6 is 0 Å². The summed E-state index contributed by atoms with van der Waals surface area (Å²) in [5.41, 5.74) is 7.38. The molecule has 1 aromatic rings. The van der Waals surface area contributed by atoms with E-state index in [1.54, 1.807) is 6.07 Å². The molecule has 5 atom stereocenters. The van der Waals surface area contributed by atoms with E-state index in [0.717, 1.165) is 25.8 Å². The number of nitrogens with one attached hydrogen (secondary N) is 1. The molecule has 4 aliphatic rings. The lowest BCUT2D eigenvalue weighted by molar-refractivity contribution is -0.154. The topological polar surface area (TPSA) is 93.9 Å². The third-order valence-electron chi connectivity index (χ3n) is 9.07. The Morgan fingerprint density at radius 3 is 2.47 bits per heavy atom. The number of carbonyl (C=O) groups is 2. The molecule has 0 radical (unpaired) electrons. The number of primary amides is 1. The summed E-state index contributed by atoms with van der Waals surface area (Å²) in [4.78, 5) is 27.5. The van der Waals surface area contributed by atoms with Crippen molar-refractivity contribution in [2.45, 2.75) is 114 Å². The van der Waals surface area contributed by atoms with E-state index in [-0.39, 0.29) is 17.9 Å². The molecule has 7 nitrogen and oxygen atoms in total. The molecule has 2 amide bonds. The fraction of sp³-hybridized carbons (Fsp3) is 0.724. The van der Waals surface area contributed by atoms with Crippen LogP contribution in [0.3, 0.4) is 0 Å². The second-order valence-electron chi connectivity index (χ2n) is 11.9. The van der Waals surface area contributed by atoms with Gasteiger partial charge in [-0.25, -0.2) is 0 Å². The molecule has 1 unspecified atom stereocenters. The fourth-order valence-electron chi connectivity index (χ4n) is 7.20. The van der Waals surface area contributed by atoms with Crippen molar-refractivity contribution in [3.05, 3.63) is 35.4 Å². The largest absolute Gasteiger partial charge is 0.366 e. The van der Waals surface area contributed by atoms with Gasteiger partial charge in [-0.1, -0.05) is 31.4 Å². The average molecular weight is 498 g/mol. The highest BCUT2D eigenvalue weighted by Gasteiger charge is 2.42. The number of hydrogen-bond acceptors (Lipinski definition) is 5. The zero-order chi connectivity index (χ0) is 25.3. The van der Waals surface area contributed by atoms with Crippen LogP contribution < -0.4 is 11.1 Å². The molecule has 1 aliphatic carbocycles. The molecule has 2 bridgehead atoms. The predicted octanol–water partition coefficient (Wildman–Crippen LogP) is 4.10. The molecule has 5 rings (SSSR count). The first-order valence-electron chi connectivity index (χ1n) is 14.1. The van der Waals surface area contributed by atoms with Crippen LogP contribution in [0.25, 0.3) is 0 Å². The number of rotatable bonds is 8. The zero-order valence-corrected chi connectivity index (χ0v) is 21.9. The number of benzene rings is 1. The highest BCUT2D eigenvalue weighted by Crippen LogP contribution is 2.43. The van der Waals surface area contributed by atoms with Crippen LogP contribution in [0.4, 0.5) is 0 Å². The number of nitrogens with two attached hydrogens (primary N) is 1. The average Bonchev–Trinajstić information content (AvgIpc) is 3.35. The SMILES string of the molecule is CC1(C)OC[C@H](C(=O)NC(CCN2[C@@H]3CC[C@H]2C[C@@H](c2cccc(C(N)=O)c2)C3)C2CCCCC2)O1. The molecule has 3 heterocycles. The molecule has 3 aliphatic heterocycles. The maximum atomic E-state index is 13.1. The molecule has 0 aromatic heterocycles. The summed E-state index contributed by atoms with van der Waals surface area (Å²) in [6.07, 6.45) is 11.4. The van der Waals surface area contributed by atoms with Gasteiger partial charge in [0.1, 0.15) is 0 Å². The Morgan fingerprint density at radius 2 is 1.83 bits per heavy atom. The van der Waals surface area contributed by atoms with E-state index in [1.807, 2.05) is 26.0 Å². The minimum Gasteiger partial charge on any atom is -0.366 e. The molecule has 36 heavy (non-hydrogen) atoms. The van der Waals surface area contributed by atoms with E-state index in [4.69, 9.17) is 15.2 Å². The lowest BCUT2D eigenvalue weighted by atomic mass is 9.81. The summed E-state index contributed by atoms with van der Waals surface area (Å²) >= 11 is 0. The summed E-state index contributed by atoms with van der Waals surface area (Å²) in [6.45, 7) is 5.08. The third-order valence-corrected chi connectivity index (χ3v) is 9.07. The van der Waals surface area contributed by atoms with Gasteiger partial charge < -0.3 is 20.5 Å². The van der Waals surface area contributed by atoms with Crippen LogP contribution in [0.5, 0.6) is 0 Å². The lowest BCUT2D eigenvalue weighted by Gasteiger charge is -2.41. The van der Waals surface area contributed by atoms with Gasteiger partial charge >= 0.3 is 0 Å². The molecule has 1 saturated carbocycles. The summed E-state index contributed by atoms with van der Waals surface area (Å²) in [5.74, 6) is -0.0408. The normalized spacial score (nSPS) is 31.3. The second kappa shape index (κ2) is 10.8. The van der Waals surface area contributed by atoms with Gasteiger partial charge in [0.05, 0.1) is 6.61 Å². The highest BCUT2D eigenvalue weighted by molar-refractivity contribution is 5.92. The van der Waals surface area contributed by atoms with Gasteiger partial charge in [0.25, 0.3) is 5.91 Å². The van der Waals surface area contributed by atoms with Gasteiger partial charge in [0.2, 0.25) is 5.91 Å². The molecule has 4 fully saturated rings. The van der Waals surface area contributed by atoms with Crippen LogP contribution in [-0.4, -0.2) is 59.9 Å². The van der Waals surface area contributed by atoms with Crippen molar-refractivity contribution in [2.24, 2.45) is 11.7 Å². The minimum atomic E-state index is -0.692. The Bertz CT molecular complexity index is 930. The standard InChI is InChI=1S/C29H43N3O4/c1-29(2)35-18-26(36-29)28(34)31-25(19-7-4-3-5-8-19)13-14-32-23-11-12-24(32)17-22(16-23)20-9-6-10-21(15-20)27(30)33/h6,9-10,15,19,22-26H,3-5,7-8,11-14,16-18H2,1-2H3,(H2,30,33)(H,31,34)/t22-,23+,24-,25?,26-/m1/s1. The summed E-state index contributed by atoms with van der Waals surface area (Å²) < 4.78 is 11.5. The second-order valence-corrected chi connectivity index (χ2v) is 11.9. The van der Waals surface area contributed by atoms with E-state index in [0.29, 0.717) is 36.1 Å². The number of carbonyl (C=O) groups excluding carboxylic acids is 2. The molecular formula is C29H43N3O4. The number of nitrogens with zero attached hydrogens (tertiary/aromatic N) is 1. The van der Waals surface area contributed by atoms with Crippen LogP contribution in [0.1, 0.15) is 99.9 Å². The van der Waals surface area contributed by atoms with Crippen molar-refractivity contribution >= 4 is 11.8 Å². The maximum Gasteiger partial charge on any atom is 0.251 e. The first kappa shape index (κ1) is 25.7. The van der Waals surface area contributed by atoms with Crippen molar-refractivity contribution in [2.75, 3.05) is 13.2 Å². The maximum absolute atomic E-state index is 13.1. The molecule has 7 heteroatoms. The fourth-order valence-corrected chi connectivity index (χ4v) is 7.20. The van der Waals surface area contributed by atoms with Gasteiger partial charge in [0, 0.05) is 30.2 Å². The van der Waals surface area contributed by atoms with Gasteiger partial charge in [-0.05, 0) is 88.3 Å². The molecular weight excluding hydrogens is 454 g/mol. The van der Waals surface area contributed by atoms with Gasteiger partial charge in [-0.15, -0.1) is 0 Å². The van der Waals surface area contributed by atoms with Gasteiger partial charge in [-0.2, -0.15) is 0 Å². The van der Waals surface area contributed by atoms with Crippen LogP contribution in [0.15, 0.2) is 24.3 Å². The van der Waals surface area contributed by atoms with E-state index >= 15 is 0 Å². The van der Waals surface area contributed by atoms with Crippen molar-refractivity contribution in [3.8, 4) is 0 Å². The summed E-state index contributed by atoms with van der Waals surface area (Å²) in [5, 5.41) is 3.39. The molecule has 3 saturated heterocycles. The van der Waals surface area contributed by atoms with Gasteiger partial charge in [-0.3, -0.25) is 14.5 Å². The van der Waals surface area contributed by atoms with Crippen molar-refractivity contribution in [3.63, 3.8) is 0 Å². The van der Waals surface area contributed by atoms with Gasteiger partial charge in [0.15, 0.2) is 11.9 Å². The van der Waals surface area contributed by atoms with Crippen molar-refractivity contribution in [1.29, 1.82) is 0 Å². The van der Waals surface area contributed by atoms with Crippen molar-refractivity contribution < 1.29 is 19.1 Å². The highest BCUT2D eigenvalue weighted by atomic mass is 16.7. The van der Waals surface area contributed by atoms with E-state index < -0.39 is 11.9 Å². The lowest BCUT2D eigenvalue weighted by Crippen LogP contribution is -2.49. The van der Waals surface area contributed by atoms with E-state index in [9.17, 15) is 9.59 Å². The number of piperidine rings is 1. The predicted molar refractivity (Wildman–Crippen MR) is 138 cm³/mol. The van der Waals surface area contributed by atoms with Crippen LogP contribution in [0.2, 0.25) is 0 Å². The first-order chi connectivity index (χ1) is 17.3. The Labute approximate surface area is 215 Å². The number of fused-ring (bicyclic) bond motifs is 2. The number of ether oxygens (including phenoxy) is 2. The molecule has 0 spiro atoms. The Kier molecular flexibility index (Phi) is 7.70. The smallest absolute Gasteiger partial charge is 0.251 e.